The molecule has 2 aromatic rings. The van der Waals surface area contributed by atoms with Gasteiger partial charge in [0.25, 0.3) is 0 Å². The monoisotopic (exact) mass is 309 g/mol. The van der Waals surface area contributed by atoms with Gasteiger partial charge in [0, 0.05) is 11.8 Å². The summed E-state index contributed by atoms with van der Waals surface area (Å²) in [7, 11) is 0. The molecule has 2 rings (SSSR count). The molecule has 1 aromatic heterocycles. The van der Waals surface area contributed by atoms with Crippen LogP contribution in [0.1, 0.15) is 43.4 Å². The Labute approximate surface area is 127 Å². The van der Waals surface area contributed by atoms with Crippen molar-refractivity contribution in [1.82, 2.24) is 4.98 Å². The van der Waals surface area contributed by atoms with Gasteiger partial charge in [-0.3, -0.25) is 4.98 Å². The molecular weight excluding hydrogens is 291 g/mol. The molecule has 0 aliphatic carbocycles. The first-order valence-corrected chi connectivity index (χ1v) is 7.23. The normalized spacial score (nSPS) is 13.1. The molecule has 22 heavy (non-hydrogen) atoms. The zero-order valence-electron chi connectivity index (χ0n) is 12.3. The maximum Gasteiger partial charge on any atom is 0.416 e. The fourth-order valence-corrected chi connectivity index (χ4v) is 2.17. The molecule has 118 valence electrons. The maximum absolute atomic E-state index is 12.5. The molecule has 0 aliphatic heterocycles. The highest BCUT2D eigenvalue weighted by molar-refractivity contribution is 5.59. The van der Waals surface area contributed by atoms with Crippen LogP contribution in [0.5, 0.6) is 0 Å². The first-order chi connectivity index (χ1) is 10.4. The summed E-state index contributed by atoms with van der Waals surface area (Å²) < 4.78 is 37.6. The number of aliphatic hydroxyl groups is 1. The SMILES string of the molecule is CCCCC(O)c1ccc(-c2ccc(C(F)(F)F)cc2)nc1. The Balaban J connectivity index is 2.13. The third kappa shape index (κ3) is 4.07. The van der Waals surface area contributed by atoms with Crippen LogP contribution in [0.4, 0.5) is 13.2 Å². The number of rotatable bonds is 5. The maximum atomic E-state index is 12.5. The zero-order chi connectivity index (χ0) is 16.2. The van der Waals surface area contributed by atoms with Crippen LogP contribution in [0, 0.1) is 0 Å². The molecule has 1 N–H and O–H groups in total. The summed E-state index contributed by atoms with van der Waals surface area (Å²) in [4.78, 5) is 4.23. The Bertz CT molecular complexity index is 591. The Morgan fingerprint density at radius 3 is 2.27 bits per heavy atom. The summed E-state index contributed by atoms with van der Waals surface area (Å²) in [5.41, 5.74) is 1.25. The van der Waals surface area contributed by atoms with Gasteiger partial charge in [0.15, 0.2) is 0 Å². The average molecular weight is 309 g/mol. The highest BCUT2D eigenvalue weighted by Gasteiger charge is 2.29. The predicted octanol–water partition coefficient (Wildman–Crippen LogP) is 4.99. The lowest BCUT2D eigenvalue weighted by Gasteiger charge is -2.11. The van der Waals surface area contributed by atoms with Crippen molar-refractivity contribution in [3.05, 3.63) is 53.7 Å². The fourth-order valence-electron chi connectivity index (χ4n) is 2.17. The Morgan fingerprint density at radius 2 is 1.77 bits per heavy atom. The van der Waals surface area contributed by atoms with Crippen molar-refractivity contribution in [2.24, 2.45) is 0 Å². The van der Waals surface area contributed by atoms with E-state index in [4.69, 9.17) is 0 Å². The van der Waals surface area contributed by atoms with Crippen molar-refractivity contribution in [2.45, 2.75) is 38.5 Å². The smallest absolute Gasteiger partial charge is 0.388 e. The van der Waals surface area contributed by atoms with Gasteiger partial charge in [-0.2, -0.15) is 13.2 Å². The fraction of sp³-hybridized carbons (Fsp3) is 0.353. The molecular formula is C17H18F3NO. The van der Waals surface area contributed by atoms with E-state index in [0.29, 0.717) is 17.7 Å². The summed E-state index contributed by atoms with van der Waals surface area (Å²) >= 11 is 0. The summed E-state index contributed by atoms with van der Waals surface area (Å²) in [5.74, 6) is 0. The number of nitrogens with zero attached hydrogens (tertiary/aromatic N) is 1. The van der Waals surface area contributed by atoms with Crippen LogP contribution in [0.25, 0.3) is 11.3 Å². The third-order valence-corrected chi connectivity index (χ3v) is 3.51. The number of hydrogen-bond acceptors (Lipinski definition) is 2. The van der Waals surface area contributed by atoms with E-state index in [2.05, 4.69) is 11.9 Å². The lowest BCUT2D eigenvalue weighted by atomic mass is 10.0. The third-order valence-electron chi connectivity index (χ3n) is 3.51. The zero-order valence-corrected chi connectivity index (χ0v) is 12.3. The second-order valence-electron chi connectivity index (χ2n) is 5.21. The Kier molecular flexibility index (Phi) is 5.19. The van der Waals surface area contributed by atoms with Crippen LogP contribution in [0.15, 0.2) is 42.6 Å². The molecule has 0 bridgehead atoms. The molecule has 0 saturated heterocycles. The lowest BCUT2D eigenvalue weighted by Crippen LogP contribution is -2.04. The standard InChI is InChI=1S/C17H18F3NO/c1-2-3-4-16(22)13-7-10-15(21-11-13)12-5-8-14(9-6-12)17(18,19)20/h5-11,16,22H,2-4H2,1H3. The molecule has 1 atom stereocenters. The van der Waals surface area contributed by atoms with E-state index in [-0.39, 0.29) is 0 Å². The van der Waals surface area contributed by atoms with Crippen molar-refractivity contribution >= 4 is 0 Å². The van der Waals surface area contributed by atoms with Crippen molar-refractivity contribution in [1.29, 1.82) is 0 Å². The number of pyridine rings is 1. The van der Waals surface area contributed by atoms with Crippen LogP contribution in [-0.4, -0.2) is 10.1 Å². The second-order valence-corrected chi connectivity index (χ2v) is 5.21. The van der Waals surface area contributed by atoms with Crippen molar-refractivity contribution in [3.8, 4) is 11.3 Å². The van der Waals surface area contributed by atoms with Gasteiger partial charge in [0.2, 0.25) is 0 Å². The van der Waals surface area contributed by atoms with Crippen molar-refractivity contribution in [3.63, 3.8) is 0 Å². The topological polar surface area (TPSA) is 33.1 Å². The van der Waals surface area contributed by atoms with E-state index in [1.807, 2.05) is 0 Å². The lowest BCUT2D eigenvalue weighted by molar-refractivity contribution is -0.137. The molecule has 0 saturated carbocycles. The average Bonchev–Trinajstić information content (AvgIpc) is 2.52. The first-order valence-electron chi connectivity index (χ1n) is 7.23. The number of alkyl halides is 3. The minimum atomic E-state index is -4.33. The Hall–Kier alpha value is -1.88. The van der Waals surface area contributed by atoms with Crippen molar-refractivity contribution < 1.29 is 18.3 Å². The molecule has 2 nitrogen and oxygen atoms in total. The quantitative estimate of drug-likeness (QED) is 0.844. The van der Waals surface area contributed by atoms with Crippen LogP contribution < -0.4 is 0 Å². The molecule has 0 amide bonds. The molecule has 0 fully saturated rings. The van der Waals surface area contributed by atoms with Crippen LogP contribution in [-0.2, 0) is 6.18 Å². The number of unbranched alkanes of at least 4 members (excludes halogenated alkanes) is 1. The predicted molar refractivity (Wildman–Crippen MR) is 79.2 cm³/mol. The molecule has 0 aliphatic rings. The van der Waals surface area contributed by atoms with Crippen LogP contribution in [0.2, 0.25) is 0 Å². The minimum absolute atomic E-state index is 0.547. The van der Waals surface area contributed by atoms with Gasteiger partial charge in [0.1, 0.15) is 0 Å². The van der Waals surface area contributed by atoms with Gasteiger partial charge in [-0.05, 0) is 30.2 Å². The van der Waals surface area contributed by atoms with Gasteiger partial charge in [-0.25, -0.2) is 0 Å². The van der Waals surface area contributed by atoms with Gasteiger partial charge < -0.3 is 5.11 Å². The van der Waals surface area contributed by atoms with Crippen molar-refractivity contribution in [2.75, 3.05) is 0 Å². The molecule has 1 unspecified atom stereocenters. The summed E-state index contributed by atoms with van der Waals surface area (Å²) in [6.45, 7) is 2.05. The first kappa shape index (κ1) is 16.5. The van der Waals surface area contributed by atoms with Gasteiger partial charge in [-0.15, -0.1) is 0 Å². The van der Waals surface area contributed by atoms with E-state index in [1.165, 1.54) is 12.1 Å². The van der Waals surface area contributed by atoms with E-state index in [9.17, 15) is 18.3 Å². The van der Waals surface area contributed by atoms with Gasteiger partial charge in [-0.1, -0.05) is 38.0 Å². The number of halogens is 3. The summed E-state index contributed by atoms with van der Waals surface area (Å²) in [6.07, 6.45) is -0.686. The molecule has 1 heterocycles. The second kappa shape index (κ2) is 6.92. The molecule has 1 aromatic carbocycles. The van der Waals surface area contributed by atoms with Crippen LogP contribution >= 0.6 is 0 Å². The molecule has 0 radical (unpaired) electrons. The minimum Gasteiger partial charge on any atom is -0.388 e. The Morgan fingerprint density at radius 1 is 1.09 bits per heavy atom. The van der Waals surface area contributed by atoms with E-state index in [0.717, 1.165) is 30.5 Å². The summed E-state index contributed by atoms with van der Waals surface area (Å²) in [5, 5.41) is 9.97. The number of benzene rings is 1. The molecule has 0 spiro atoms. The van der Waals surface area contributed by atoms with E-state index >= 15 is 0 Å². The van der Waals surface area contributed by atoms with Crippen LogP contribution in [0.3, 0.4) is 0 Å². The number of aromatic nitrogens is 1. The van der Waals surface area contributed by atoms with Gasteiger partial charge >= 0.3 is 6.18 Å². The number of aliphatic hydroxyl groups excluding tert-OH is 1. The van der Waals surface area contributed by atoms with E-state index < -0.39 is 17.8 Å². The number of hydrogen-bond donors (Lipinski definition) is 1. The largest absolute Gasteiger partial charge is 0.416 e. The van der Waals surface area contributed by atoms with Gasteiger partial charge in [0.05, 0.1) is 17.4 Å². The highest BCUT2D eigenvalue weighted by Crippen LogP contribution is 2.30. The van der Waals surface area contributed by atoms with E-state index in [1.54, 1.807) is 18.3 Å². The highest BCUT2D eigenvalue weighted by atomic mass is 19.4. The summed E-state index contributed by atoms with van der Waals surface area (Å²) in [6, 6.07) is 8.37. The molecule has 5 heteroatoms.